The van der Waals surface area contributed by atoms with E-state index < -0.39 is 0 Å². The molecule has 0 saturated heterocycles. The highest BCUT2D eigenvalue weighted by Crippen LogP contribution is 2.33. The minimum absolute atomic E-state index is 0.0702. The summed E-state index contributed by atoms with van der Waals surface area (Å²) in [7, 11) is 0. The molecule has 3 rings (SSSR count). The number of halogens is 1. The molecule has 0 N–H and O–H groups in total. The van der Waals surface area contributed by atoms with Crippen molar-refractivity contribution >= 4 is 17.5 Å². The summed E-state index contributed by atoms with van der Waals surface area (Å²) < 4.78 is 12.8. The zero-order valence-corrected chi connectivity index (χ0v) is 11.7. The van der Waals surface area contributed by atoms with Gasteiger partial charge in [-0.05, 0) is 48.7 Å². The van der Waals surface area contributed by atoms with Gasteiger partial charge >= 0.3 is 0 Å². The van der Waals surface area contributed by atoms with Crippen molar-refractivity contribution < 1.29 is 9.18 Å². The summed E-state index contributed by atoms with van der Waals surface area (Å²) in [5.41, 5.74) is 2.13. The van der Waals surface area contributed by atoms with E-state index in [1.807, 2.05) is 12.1 Å². The molecule has 0 radical (unpaired) electrons. The van der Waals surface area contributed by atoms with Crippen molar-refractivity contribution in [3.63, 3.8) is 0 Å². The molecule has 0 amide bonds. The number of Topliss-reactive ketones (excluding diaryl/α,β-unsaturated/α-hetero) is 1. The van der Waals surface area contributed by atoms with E-state index in [-0.39, 0.29) is 17.5 Å². The Labute approximate surface area is 121 Å². The number of aromatic nitrogens is 1. The smallest absolute Gasteiger partial charge is 0.152 e. The van der Waals surface area contributed by atoms with E-state index in [1.165, 1.54) is 29.5 Å². The maximum Gasteiger partial charge on any atom is 0.152 e. The lowest BCUT2D eigenvalue weighted by Crippen LogP contribution is -2.13. The summed E-state index contributed by atoms with van der Waals surface area (Å²) in [6.45, 7) is 0. The summed E-state index contributed by atoms with van der Waals surface area (Å²) in [4.78, 5) is 17.6. The SMILES string of the molecule is O=C(CSc1ccc(F)cc1)C1CCc2cccnc21. The van der Waals surface area contributed by atoms with Crippen LogP contribution in [-0.4, -0.2) is 16.5 Å². The Kier molecular flexibility index (Phi) is 3.83. The van der Waals surface area contributed by atoms with Crippen molar-refractivity contribution in [1.82, 2.24) is 4.98 Å². The zero-order chi connectivity index (χ0) is 13.9. The van der Waals surface area contributed by atoms with Crippen LogP contribution < -0.4 is 0 Å². The summed E-state index contributed by atoms with van der Waals surface area (Å²) in [6, 6.07) is 10.2. The Morgan fingerprint density at radius 1 is 1.30 bits per heavy atom. The first kappa shape index (κ1) is 13.3. The molecule has 1 aliphatic rings. The molecule has 1 aromatic carbocycles. The number of benzene rings is 1. The molecular weight excluding hydrogens is 273 g/mol. The monoisotopic (exact) mass is 287 g/mol. The molecule has 4 heteroatoms. The van der Waals surface area contributed by atoms with Gasteiger partial charge in [-0.1, -0.05) is 6.07 Å². The average Bonchev–Trinajstić information content (AvgIpc) is 2.90. The molecule has 0 aliphatic heterocycles. The minimum atomic E-state index is -0.255. The molecule has 1 heterocycles. The number of carbonyl (C=O) groups is 1. The molecule has 2 nitrogen and oxygen atoms in total. The van der Waals surface area contributed by atoms with Crippen LogP contribution in [0.25, 0.3) is 0 Å². The van der Waals surface area contributed by atoms with Crippen LogP contribution >= 0.6 is 11.8 Å². The third kappa shape index (κ3) is 2.75. The van der Waals surface area contributed by atoms with E-state index in [4.69, 9.17) is 0 Å². The van der Waals surface area contributed by atoms with E-state index in [1.54, 1.807) is 18.3 Å². The van der Waals surface area contributed by atoms with Crippen LogP contribution in [0.4, 0.5) is 4.39 Å². The molecule has 1 aliphatic carbocycles. The normalized spacial score (nSPS) is 16.9. The molecule has 0 bridgehead atoms. The highest BCUT2D eigenvalue weighted by Gasteiger charge is 2.29. The van der Waals surface area contributed by atoms with Gasteiger partial charge in [0.15, 0.2) is 5.78 Å². The Bertz CT molecular complexity index is 627. The van der Waals surface area contributed by atoms with E-state index in [2.05, 4.69) is 4.98 Å². The quantitative estimate of drug-likeness (QED) is 0.805. The highest BCUT2D eigenvalue weighted by atomic mass is 32.2. The summed E-state index contributed by atoms with van der Waals surface area (Å²) >= 11 is 1.45. The van der Waals surface area contributed by atoms with E-state index in [0.29, 0.717) is 5.75 Å². The van der Waals surface area contributed by atoms with E-state index in [9.17, 15) is 9.18 Å². The Hall–Kier alpha value is -1.68. The van der Waals surface area contributed by atoms with Gasteiger partial charge in [0, 0.05) is 11.1 Å². The third-order valence-corrected chi connectivity index (χ3v) is 4.58. The lowest BCUT2D eigenvalue weighted by Gasteiger charge is -2.09. The number of rotatable bonds is 4. The average molecular weight is 287 g/mol. The maximum atomic E-state index is 12.8. The molecule has 20 heavy (non-hydrogen) atoms. The molecule has 1 atom stereocenters. The predicted octanol–water partition coefficient (Wildman–Crippen LogP) is 3.61. The van der Waals surface area contributed by atoms with Crippen LogP contribution in [0.15, 0.2) is 47.5 Å². The number of nitrogens with zero attached hydrogens (tertiary/aromatic N) is 1. The third-order valence-electron chi connectivity index (χ3n) is 3.54. The van der Waals surface area contributed by atoms with Gasteiger partial charge < -0.3 is 0 Å². The van der Waals surface area contributed by atoms with Gasteiger partial charge in [-0.2, -0.15) is 0 Å². The van der Waals surface area contributed by atoms with Gasteiger partial charge in [0.2, 0.25) is 0 Å². The van der Waals surface area contributed by atoms with Crippen LogP contribution in [-0.2, 0) is 11.2 Å². The van der Waals surface area contributed by atoms with Crippen LogP contribution in [0.1, 0.15) is 23.6 Å². The Morgan fingerprint density at radius 2 is 2.10 bits per heavy atom. The molecular formula is C16H14FNOS. The lowest BCUT2D eigenvalue weighted by molar-refractivity contribution is -0.118. The van der Waals surface area contributed by atoms with Crippen molar-refractivity contribution in [1.29, 1.82) is 0 Å². The van der Waals surface area contributed by atoms with E-state index >= 15 is 0 Å². The van der Waals surface area contributed by atoms with Crippen LogP contribution in [0.5, 0.6) is 0 Å². The van der Waals surface area contributed by atoms with Crippen molar-refractivity contribution in [2.24, 2.45) is 0 Å². The van der Waals surface area contributed by atoms with Gasteiger partial charge in [-0.15, -0.1) is 11.8 Å². The second-order valence-electron chi connectivity index (χ2n) is 4.85. The fraction of sp³-hybridized carbons (Fsp3) is 0.250. The largest absolute Gasteiger partial charge is 0.298 e. The topological polar surface area (TPSA) is 30.0 Å². The molecule has 2 aromatic rings. The number of thioether (sulfide) groups is 1. The zero-order valence-electron chi connectivity index (χ0n) is 10.9. The Balaban J connectivity index is 1.65. The molecule has 0 spiro atoms. The lowest BCUT2D eigenvalue weighted by atomic mass is 10.0. The van der Waals surface area contributed by atoms with E-state index in [0.717, 1.165) is 23.4 Å². The number of carbonyl (C=O) groups excluding carboxylic acids is 1. The van der Waals surface area contributed by atoms with Gasteiger partial charge in [-0.25, -0.2) is 4.39 Å². The number of hydrogen-bond acceptors (Lipinski definition) is 3. The number of aryl methyl sites for hydroxylation is 1. The summed E-state index contributed by atoms with van der Waals surface area (Å²) in [5, 5.41) is 0. The molecule has 102 valence electrons. The van der Waals surface area contributed by atoms with Crippen LogP contribution in [0.3, 0.4) is 0 Å². The summed E-state index contributed by atoms with van der Waals surface area (Å²) in [6.07, 6.45) is 3.54. The number of fused-ring (bicyclic) bond motifs is 1. The number of hydrogen-bond donors (Lipinski definition) is 0. The first-order valence-electron chi connectivity index (χ1n) is 6.59. The number of pyridine rings is 1. The van der Waals surface area contributed by atoms with Gasteiger partial charge in [0.1, 0.15) is 5.82 Å². The van der Waals surface area contributed by atoms with Crippen molar-refractivity contribution in [2.45, 2.75) is 23.7 Å². The second-order valence-corrected chi connectivity index (χ2v) is 5.90. The molecule has 1 unspecified atom stereocenters. The van der Waals surface area contributed by atoms with Crippen LogP contribution in [0.2, 0.25) is 0 Å². The van der Waals surface area contributed by atoms with Crippen molar-refractivity contribution in [3.05, 3.63) is 59.7 Å². The predicted molar refractivity (Wildman–Crippen MR) is 77.4 cm³/mol. The minimum Gasteiger partial charge on any atom is -0.298 e. The first-order valence-corrected chi connectivity index (χ1v) is 7.57. The summed E-state index contributed by atoms with van der Waals surface area (Å²) in [5.74, 6) is 0.289. The fourth-order valence-electron chi connectivity index (χ4n) is 2.51. The molecule has 0 saturated carbocycles. The number of ketones is 1. The van der Waals surface area contributed by atoms with Crippen LogP contribution in [0, 0.1) is 5.82 Å². The van der Waals surface area contributed by atoms with Gasteiger partial charge in [-0.3, -0.25) is 9.78 Å². The second kappa shape index (κ2) is 5.75. The highest BCUT2D eigenvalue weighted by molar-refractivity contribution is 8.00. The maximum absolute atomic E-state index is 12.8. The molecule has 0 fully saturated rings. The van der Waals surface area contributed by atoms with Gasteiger partial charge in [0.25, 0.3) is 0 Å². The van der Waals surface area contributed by atoms with Crippen molar-refractivity contribution in [2.75, 3.05) is 5.75 Å². The van der Waals surface area contributed by atoms with Crippen molar-refractivity contribution in [3.8, 4) is 0 Å². The first-order chi connectivity index (χ1) is 9.74. The Morgan fingerprint density at radius 3 is 2.90 bits per heavy atom. The van der Waals surface area contributed by atoms with Gasteiger partial charge in [0.05, 0.1) is 17.4 Å². The fourth-order valence-corrected chi connectivity index (χ4v) is 3.35. The molecule has 1 aromatic heterocycles. The standard InChI is InChI=1S/C16H14FNOS/c17-12-4-6-13(7-5-12)20-10-15(19)14-8-3-11-2-1-9-18-16(11)14/h1-2,4-7,9,14H,3,8,10H2.